The van der Waals surface area contributed by atoms with Crippen LogP contribution in [0.15, 0.2) is 34.2 Å². The first-order valence-electron chi connectivity index (χ1n) is 10.9. The third kappa shape index (κ3) is 3.76. The summed E-state index contributed by atoms with van der Waals surface area (Å²) in [5.41, 5.74) is 2.41. The predicted molar refractivity (Wildman–Crippen MR) is 117 cm³/mol. The van der Waals surface area contributed by atoms with Gasteiger partial charge in [0, 0.05) is 38.4 Å². The van der Waals surface area contributed by atoms with Crippen LogP contribution < -0.4 is 5.56 Å². The fourth-order valence-corrected chi connectivity index (χ4v) is 5.35. The molecule has 1 aromatic carbocycles. The molecule has 0 spiro atoms. The summed E-state index contributed by atoms with van der Waals surface area (Å²) in [4.78, 5) is 43.7. The maximum atomic E-state index is 12.7. The molecule has 2 saturated heterocycles. The van der Waals surface area contributed by atoms with Crippen LogP contribution in [0.25, 0.3) is 0 Å². The van der Waals surface area contributed by atoms with Crippen molar-refractivity contribution in [1.29, 1.82) is 0 Å². The van der Waals surface area contributed by atoms with Crippen LogP contribution in [0.2, 0.25) is 0 Å². The molecule has 9 nitrogen and oxygen atoms in total. The molecule has 0 radical (unpaired) electrons. The van der Waals surface area contributed by atoms with Gasteiger partial charge in [0.2, 0.25) is 5.91 Å². The third-order valence-corrected chi connectivity index (χ3v) is 7.20. The molecule has 0 saturated carbocycles. The van der Waals surface area contributed by atoms with Crippen LogP contribution in [0, 0.1) is 0 Å². The number of hydrogen-bond acceptors (Lipinski definition) is 7. The number of nitrogens with one attached hydrogen (secondary N) is 1. The number of nitrogens with zero attached hydrogens (tertiary/aromatic N) is 4. The summed E-state index contributed by atoms with van der Waals surface area (Å²) in [7, 11) is 0. The maximum Gasteiger partial charge on any atom is 0.411 e. The Labute approximate surface area is 189 Å². The predicted octanol–water partition coefficient (Wildman–Crippen LogP) is 1.93. The van der Waals surface area contributed by atoms with Gasteiger partial charge in [-0.25, -0.2) is 4.79 Å². The standard InChI is InChI=1S/C22H25N5O4S/c1-32-21-23-20(29)16(24-25-21)6-7-18(28)26-10-8-14(9-11-26)27-19-15-5-3-2-4-13(15)12-17(19)31-22(27)30/h2-5,14,17,19H,6-12H2,1H3,(H,23,25,29)/t17-,19+/m1/s1. The quantitative estimate of drug-likeness (QED) is 0.686. The Hall–Kier alpha value is -2.88. The van der Waals surface area contributed by atoms with Crippen LogP contribution in [0.4, 0.5) is 4.79 Å². The number of hydrogen-bond donors (Lipinski definition) is 1. The molecule has 2 amide bonds. The summed E-state index contributed by atoms with van der Waals surface area (Å²) in [6.45, 7) is 1.17. The van der Waals surface area contributed by atoms with Crippen LogP contribution in [-0.2, 0) is 22.4 Å². The fraction of sp³-hybridized carbons (Fsp3) is 0.500. The molecule has 1 aromatic heterocycles. The van der Waals surface area contributed by atoms with Gasteiger partial charge in [-0.15, -0.1) is 10.2 Å². The topological polar surface area (TPSA) is 108 Å². The Kier molecular flexibility index (Phi) is 5.62. The van der Waals surface area contributed by atoms with E-state index in [1.165, 1.54) is 22.9 Å². The first-order valence-corrected chi connectivity index (χ1v) is 12.1. The Balaban J connectivity index is 1.19. The summed E-state index contributed by atoms with van der Waals surface area (Å²) in [5, 5.41) is 8.34. The minimum absolute atomic E-state index is 0.00770. The molecular formula is C22H25N5O4S. The molecule has 2 atom stereocenters. The first kappa shape index (κ1) is 21.0. The van der Waals surface area contributed by atoms with Gasteiger partial charge in [0.15, 0.2) is 5.16 Å². The lowest BCUT2D eigenvalue weighted by atomic mass is 9.99. The summed E-state index contributed by atoms with van der Waals surface area (Å²) >= 11 is 1.31. The highest BCUT2D eigenvalue weighted by molar-refractivity contribution is 7.98. The highest BCUT2D eigenvalue weighted by Crippen LogP contribution is 2.44. The van der Waals surface area contributed by atoms with E-state index in [-0.39, 0.29) is 54.3 Å². The van der Waals surface area contributed by atoms with Crippen LogP contribution >= 0.6 is 11.8 Å². The number of H-pyrrole nitrogens is 1. The highest BCUT2D eigenvalue weighted by atomic mass is 32.2. The molecule has 1 N–H and O–H groups in total. The number of ether oxygens (including phenoxy) is 1. The number of rotatable bonds is 5. The molecular weight excluding hydrogens is 430 g/mol. The van der Waals surface area contributed by atoms with Gasteiger partial charge in [0.25, 0.3) is 5.56 Å². The first-order chi connectivity index (χ1) is 15.5. The number of fused-ring (bicyclic) bond motifs is 3. The van der Waals surface area contributed by atoms with Crippen LogP contribution in [0.3, 0.4) is 0 Å². The summed E-state index contributed by atoms with van der Waals surface area (Å²) in [6.07, 6.45) is 4.12. The molecule has 3 heterocycles. The van der Waals surface area contributed by atoms with Crippen molar-refractivity contribution in [2.24, 2.45) is 0 Å². The highest BCUT2D eigenvalue weighted by Gasteiger charge is 2.50. The second-order valence-electron chi connectivity index (χ2n) is 8.40. The normalized spacial score (nSPS) is 22.6. The molecule has 2 fully saturated rings. The number of piperidine rings is 1. The molecule has 5 rings (SSSR count). The average Bonchev–Trinajstić information content (AvgIpc) is 3.32. The zero-order valence-corrected chi connectivity index (χ0v) is 18.6. The van der Waals surface area contributed by atoms with E-state index < -0.39 is 0 Å². The number of amides is 2. The molecule has 32 heavy (non-hydrogen) atoms. The lowest BCUT2D eigenvalue weighted by Gasteiger charge is -2.38. The van der Waals surface area contributed by atoms with E-state index >= 15 is 0 Å². The molecule has 0 bridgehead atoms. The second kappa shape index (κ2) is 8.57. The average molecular weight is 456 g/mol. The monoisotopic (exact) mass is 455 g/mol. The van der Waals surface area contributed by atoms with Crippen molar-refractivity contribution in [1.82, 2.24) is 25.0 Å². The van der Waals surface area contributed by atoms with E-state index in [1.807, 2.05) is 21.9 Å². The van der Waals surface area contributed by atoms with Crippen molar-refractivity contribution in [3.63, 3.8) is 0 Å². The maximum absolute atomic E-state index is 12.7. The van der Waals surface area contributed by atoms with E-state index in [9.17, 15) is 14.4 Å². The van der Waals surface area contributed by atoms with Gasteiger partial charge in [-0.1, -0.05) is 36.0 Å². The lowest BCUT2D eigenvalue weighted by molar-refractivity contribution is -0.132. The number of likely N-dealkylation sites (tertiary alicyclic amines) is 1. The van der Waals surface area contributed by atoms with Crippen molar-refractivity contribution in [2.45, 2.75) is 55.4 Å². The number of carbonyl (C=O) groups is 2. The van der Waals surface area contributed by atoms with Gasteiger partial charge >= 0.3 is 6.09 Å². The molecule has 10 heteroatoms. The lowest BCUT2D eigenvalue weighted by Crippen LogP contribution is -2.48. The molecule has 1 aliphatic carbocycles. The van der Waals surface area contributed by atoms with E-state index in [1.54, 1.807) is 6.26 Å². The van der Waals surface area contributed by atoms with Crippen molar-refractivity contribution >= 4 is 23.8 Å². The van der Waals surface area contributed by atoms with Gasteiger partial charge in [-0.2, -0.15) is 0 Å². The Morgan fingerprint density at radius 3 is 2.75 bits per heavy atom. The number of aromatic nitrogens is 3. The second-order valence-corrected chi connectivity index (χ2v) is 9.19. The summed E-state index contributed by atoms with van der Waals surface area (Å²) in [5.74, 6) is -0.00770. The van der Waals surface area contributed by atoms with Gasteiger partial charge in [0.05, 0.1) is 6.04 Å². The van der Waals surface area contributed by atoms with E-state index in [2.05, 4.69) is 27.3 Å². The largest absolute Gasteiger partial charge is 0.443 e. The molecule has 0 unspecified atom stereocenters. The van der Waals surface area contributed by atoms with E-state index in [0.717, 1.165) is 19.3 Å². The number of aromatic amines is 1. The van der Waals surface area contributed by atoms with E-state index in [0.29, 0.717) is 18.2 Å². The SMILES string of the molecule is CSc1nnc(CCC(=O)N2CCC(N3C(=O)O[C@@H]4Cc5ccccc5[C@@H]43)CC2)c(=O)[nH]1. The van der Waals surface area contributed by atoms with Gasteiger partial charge in [0.1, 0.15) is 11.8 Å². The van der Waals surface area contributed by atoms with Gasteiger partial charge in [-0.05, 0) is 30.2 Å². The smallest absolute Gasteiger partial charge is 0.411 e. The minimum atomic E-state index is -0.296. The number of thioether (sulfide) groups is 1. The van der Waals surface area contributed by atoms with Crippen LogP contribution in [0.5, 0.6) is 0 Å². The number of aryl methyl sites for hydroxylation is 1. The zero-order valence-electron chi connectivity index (χ0n) is 17.8. The zero-order chi connectivity index (χ0) is 22.2. The molecule has 2 aromatic rings. The Morgan fingerprint density at radius 2 is 2.00 bits per heavy atom. The van der Waals surface area contributed by atoms with Crippen molar-refractivity contribution in [2.75, 3.05) is 19.3 Å². The van der Waals surface area contributed by atoms with Crippen molar-refractivity contribution in [3.8, 4) is 0 Å². The number of benzene rings is 1. The number of carbonyl (C=O) groups excluding carboxylic acids is 2. The summed E-state index contributed by atoms with van der Waals surface area (Å²) in [6, 6.07) is 8.25. The third-order valence-electron chi connectivity index (χ3n) is 6.63. The molecule has 2 aliphatic heterocycles. The van der Waals surface area contributed by atoms with Crippen molar-refractivity contribution in [3.05, 3.63) is 51.4 Å². The van der Waals surface area contributed by atoms with E-state index in [4.69, 9.17) is 4.74 Å². The molecule has 3 aliphatic rings. The van der Waals surface area contributed by atoms with Gasteiger partial charge < -0.3 is 9.64 Å². The fourth-order valence-electron chi connectivity index (χ4n) is 5.03. The van der Waals surface area contributed by atoms with Gasteiger partial charge in [-0.3, -0.25) is 19.5 Å². The van der Waals surface area contributed by atoms with Crippen LogP contribution in [-0.4, -0.2) is 68.5 Å². The summed E-state index contributed by atoms with van der Waals surface area (Å²) < 4.78 is 5.68. The Morgan fingerprint density at radius 1 is 1.22 bits per heavy atom. The van der Waals surface area contributed by atoms with Crippen LogP contribution in [0.1, 0.15) is 42.1 Å². The van der Waals surface area contributed by atoms with Crippen molar-refractivity contribution < 1.29 is 14.3 Å². The molecule has 168 valence electrons. The Bertz CT molecular complexity index is 1100. The minimum Gasteiger partial charge on any atom is -0.443 e.